The molecular weight excluding hydrogens is 412 g/mol. The molecule has 1 fully saturated rings. The molecule has 3 rings (SSSR count). The highest BCUT2D eigenvalue weighted by atomic mass is 32.2. The third-order valence-corrected chi connectivity index (χ3v) is 6.70. The number of thioether (sulfide) groups is 1. The van der Waals surface area contributed by atoms with Gasteiger partial charge in [0.15, 0.2) is 0 Å². The quantitative estimate of drug-likeness (QED) is 0.483. The second-order valence-electron chi connectivity index (χ2n) is 8.92. The molecule has 0 bridgehead atoms. The van der Waals surface area contributed by atoms with Crippen LogP contribution in [0.1, 0.15) is 58.2 Å². The van der Waals surface area contributed by atoms with E-state index in [2.05, 4.69) is 62.5 Å². The Morgan fingerprint density at radius 3 is 2.39 bits per heavy atom. The molecule has 0 aromatic heterocycles. The third-order valence-electron chi connectivity index (χ3n) is 5.82. The summed E-state index contributed by atoms with van der Waals surface area (Å²) in [4.78, 5) is 40.8. The number of ether oxygens (including phenoxy) is 1. The summed E-state index contributed by atoms with van der Waals surface area (Å²) in [6, 6.07) is 3.60. The van der Waals surface area contributed by atoms with Gasteiger partial charge in [0.25, 0.3) is 11.1 Å². The molecule has 0 N–H and O–H groups in total. The van der Waals surface area contributed by atoms with Gasteiger partial charge >= 0.3 is 5.97 Å². The molecule has 0 aliphatic carbocycles. The third kappa shape index (κ3) is 4.03. The van der Waals surface area contributed by atoms with Crippen molar-refractivity contribution in [2.24, 2.45) is 0 Å². The molecular formula is C24H30N2O4S. The molecule has 1 atom stereocenters. The molecule has 1 aromatic carbocycles. The van der Waals surface area contributed by atoms with Gasteiger partial charge in [-0.3, -0.25) is 14.5 Å². The van der Waals surface area contributed by atoms with E-state index in [0.717, 1.165) is 33.4 Å². The maximum atomic E-state index is 12.9. The number of aryl methyl sites for hydroxylation is 1. The van der Waals surface area contributed by atoms with E-state index in [9.17, 15) is 14.4 Å². The van der Waals surface area contributed by atoms with Gasteiger partial charge < -0.3 is 9.64 Å². The fourth-order valence-corrected chi connectivity index (χ4v) is 5.44. The van der Waals surface area contributed by atoms with Crippen molar-refractivity contribution in [1.29, 1.82) is 0 Å². The highest BCUT2D eigenvalue weighted by molar-refractivity contribution is 8.18. The van der Waals surface area contributed by atoms with E-state index in [4.69, 9.17) is 0 Å². The zero-order valence-electron chi connectivity index (χ0n) is 19.4. The number of methoxy groups -OCH3 is 1. The summed E-state index contributed by atoms with van der Waals surface area (Å²) < 4.78 is 4.69. The van der Waals surface area contributed by atoms with E-state index < -0.39 is 23.2 Å². The van der Waals surface area contributed by atoms with Gasteiger partial charge in [0.1, 0.15) is 6.04 Å². The van der Waals surface area contributed by atoms with Gasteiger partial charge in [-0.25, -0.2) is 4.79 Å². The Morgan fingerprint density at radius 1 is 1.16 bits per heavy atom. The van der Waals surface area contributed by atoms with Crippen LogP contribution >= 0.6 is 11.8 Å². The number of fused-ring (bicyclic) bond motifs is 1. The maximum absolute atomic E-state index is 12.9. The molecule has 0 spiro atoms. The van der Waals surface area contributed by atoms with Crippen molar-refractivity contribution >= 4 is 46.2 Å². The van der Waals surface area contributed by atoms with Crippen LogP contribution in [0.2, 0.25) is 0 Å². The Hall–Kier alpha value is -2.54. The van der Waals surface area contributed by atoms with Crippen molar-refractivity contribution in [1.82, 2.24) is 4.90 Å². The van der Waals surface area contributed by atoms with Crippen molar-refractivity contribution in [2.45, 2.75) is 66.1 Å². The van der Waals surface area contributed by atoms with Gasteiger partial charge in [-0.2, -0.15) is 0 Å². The first-order chi connectivity index (χ1) is 14.4. The van der Waals surface area contributed by atoms with Crippen LogP contribution in [0.25, 0.3) is 11.6 Å². The van der Waals surface area contributed by atoms with Crippen LogP contribution in [0.15, 0.2) is 23.1 Å². The van der Waals surface area contributed by atoms with E-state index in [0.29, 0.717) is 10.9 Å². The summed E-state index contributed by atoms with van der Waals surface area (Å²) in [5.74, 6) is -1.09. The molecule has 1 saturated heterocycles. The second kappa shape index (κ2) is 8.19. The lowest BCUT2D eigenvalue weighted by Gasteiger charge is -2.46. The number of amides is 2. The number of nitrogens with zero attached hydrogens (tertiary/aromatic N) is 2. The molecule has 2 aliphatic rings. The van der Waals surface area contributed by atoms with Crippen molar-refractivity contribution in [3.8, 4) is 0 Å². The first-order valence-electron chi connectivity index (χ1n) is 10.4. The van der Waals surface area contributed by atoms with Crippen molar-refractivity contribution in [3.63, 3.8) is 0 Å². The van der Waals surface area contributed by atoms with E-state index in [1.807, 2.05) is 6.92 Å². The van der Waals surface area contributed by atoms with Crippen LogP contribution in [0.4, 0.5) is 10.5 Å². The molecule has 2 heterocycles. The molecule has 0 saturated carbocycles. The zero-order chi connectivity index (χ0) is 23.2. The molecule has 6 nitrogen and oxygen atoms in total. The molecule has 0 radical (unpaired) electrons. The predicted molar refractivity (Wildman–Crippen MR) is 126 cm³/mol. The van der Waals surface area contributed by atoms with Gasteiger partial charge in [0, 0.05) is 17.3 Å². The average molecular weight is 443 g/mol. The maximum Gasteiger partial charge on any atom is 0.328 e. The zero-order valence-corrected chi connectivity index (χ0v) is 20.2. The molecule has 2 aliphatic heterocycles. The molecule has 2 amide bonds. The van der Waals surface area contributed by atoms with Crippen LogP contribution in [-0.2, 0) is 14.3 Å². The number of esters is 1. The largest absolute Gasteiger partial charge is 0.467 e. The molecule has 0 unspecified atom stereocenters. The fraction of sp³-hybridized carbons (Fsp3) is 0.458. The van der Waals surface area contributed by atoms with E-state index in [1.54, 1.807) is 6.08 Å². The van der Waals surface area contributed by atoms with E-state index in [1.165, 1.54) is 25.3 Å². The van der Waals surface area contributed by atoms with Gasteiger partial charge in [-0.05, 0) is 95.1 Å². The lowest BCUT2D eigenvalue weighted by atomic mass is 9.86. The smallest absolute Gasteiger partial charge is 0.328 e. The number of rotatable bonds is 4. The summed E-state index contributed by atoms with van der Waals surface area (Å²) in [5, 5.41) is -0.464. The summed E-state index contributed by atoms with van der Waals surface area (Å²) in [7, 11) is 1.24. The summed E-state index contributed by atoms with van der Waals surface area (Å²) in [6.07, 6.45) is 4.01. The van der Waals surface area contributed by atoms with Gasteiger partial charge in [0.05, 0.1) is 17.6 Å². The lowest BCUT2D eigenvalue weighted by molar-refractivity contribution is -0.148. The number of allylic oxidation sites excluding steroid dienone is 1. The van der Waals surface area contributed by atoms with Crippen LogP contribution < -0.4 is 4.90 Å². The Bertz CT molecular complexity index is 1020. The lowest BCUT2D eigenvalue weighted by Crippen LogP contribution is -2.49. The SMILES string of the molecule is COC(=O)[C@H](C)N1C(=O)S/C(=C/c2cc3c(cc2C)N(C(C)C)C(C)(C)C=C3C)C1=O. The van der Waals surface area contributed by atoms with E-state index >= 15 is 0 Å². The van der Waals surface area contributed by atoms with Gasteiger partial charge in [-0.1, -0.05) is 6.08 Å². The number of carbonyl (C=O) groups excluding carboxylic acids is 3. The van der Waals surface area contributed by atoms with Crippen molar-refractivity contribution in [3.05, 3.63) is 39.8 Å². The number of imide groups is 1. The number of anilines is 1. The first kappa shape index (κ1) is 23.1. The van der Waals surface area contributed by atoms with Crippen molar-refractivity contribution < 1.29 is 19.1 Å². The number of hydrogen-bond acceptors (Lipinski definition) is 6. The minimum absolute atomic E-state index is 0.105. The number of hydrogen-bond donors (Lipinski definition) is 0. The Labute approximate surface area is 188 Å². The minimum atomic E-state index is -0.958. The number of benzene rings is 1. The second-order valence-corrected chi connectivity index (χ2v) is 9.91. The Kier molecular flexibility index (Phi) is 6.11. The van der Waals surface area contributed by atoms with Crippen LogP contribution in [0.3, 0.4) is 0 Å². The molecule has 7 heteroatoms. The monoisotopic (exact) mass is 442 g/mol. The molecule has 166 valence electrons. The average Bonchev–Trinajstić information content (AvgIpc) is 2.93. The van der Waals surface area contributed by atoms with Crippen LogP contribution in [0.5, 0.6) is 0 Å². The Balaban J connectivity index is 2.04. The first-order valence-corrected chi connectivity index (χ1v) is 11.2. The van der Waals surface area contributed by atoms with Gasteiger partial charge in [-0.15, -0.1) is 0 Å². The van der Waals surface area contributed by atoms with E-state index in [-0.39, 0.29) is 5.54 Å². The summed E-state index contributed by atoms with van der Waals surface area (Å²) in [5.41, 5.74) is 5.26. The molecule has 31 heavy (non-hydrogen) atoms. The highest BCUT2D eigenvalue weighted by Crippen LogP contribution is 2.42. The van der Waals surface area contributed by atoms with Gasteiger partial charge in [0.2, 0.25) is 0 Å². The fourth-order valence-electron chi connectivity index (χ4n) is 4.54. The van der Waals surface area contributed by atoms with Crippen LogP contribution in [0, 0.1) is 6.92 Å². The highest BCUT2D eigenvalue weighted by Gasteiger charge is 2.41. The molecule has 1 aromatic rings. The number of carbonyl (C=O) groups is 3. The normalized spacial score (nSPS) is 20.3. The Morgan fingerprint density at radius 2 is 1.81 bits per heavy atom. The standard InChI is InChI=1S/C24H30N2O4S/c1-13(2)26-19-9-14(3)17(10-18(19)15(4)12-24(26,6)7)11-20-21(27)25(23(29)31-20)16(5)22(28)30-8/h9-13,16H,1-8H3/b20-11+/t16-/m0/s1. The van der Waals surface area contributed by atoms with Crippen LogP contribution in [-0.4, -0.2) is 46.7 Å². The minimum Gasteiger partial charge on any atom is -0.467 e. The predicted octanol–water partition coefficient (Wildman–Crippen LogP) is 5.00. The van der Waals surface area contributed by atoms with Crippen molar-refractivity contribution in [2.75, 3.05) is 12.0 Å². The summed E-state index contributed by atoms with van der Waals surface area (Å²) >= 11 is 0.851. The summed E-state index contributed by atoms with van der Waals surface area (Å²) in [6.45, 7) is 14.4. The topological polar surface area (TPSA) is 66.9 Å².